The van der Waals surface area contributed by atoms with E-state index in [9.17, 15) is 21.8 Å². The van der Waals surface area contributed by atoms with E-state index in [0.717, 1.165) is 16.9 Å². The summed E-state index contributed by atoms with van der Waals surface area (Å²) in [5.41, 5.74) is 0.228. The van der Waals surface area contributed by atoms with Gasteiger partial charge in [0.25, 0.3) is 10.0 Å². The Morgan fingerprint density at radius 2 is 1.97 bits per heavy atom. The van der Waals surface area contributed by atoms with Crippen LogP contribution in [-0.4, -0.2) is 57.5 Å². The quantitative estimate of drug-likeness (QED) is 0.475. The van der Waals surface area contributed by atoms with Gasteiger partial charge in [-0.3, -0.25) is 4.52 Å². The van der Waals surface area contributed by atoms with Crippen LogP contribution < -0.4 is 11.1 Å². The second kappa shape index (κ2) is 8.27. The summed E-state index contributed by atoms with van der Waals surface area (Å²) in [7, 11) is -6.78. The fourth-order valence-electron chi connectivity index (χ4n) is 2.39. The number of nitrogens with zero attached hydrogens (tertiary/aromatic N) is 5. The summed E-state index contributed by atoms with van der Waals surface area (Å²) in [6, 6.07) is 3.82. The highest BCUT2D eigenvalue weighted by atomic mass is 79.9. The highest BCUT2D eigenvalue weighted by Gasteiger charge is 2.23. The summed E-state index contributed by atoms with van der Waals surface area (Å²) >= 11 is 3.04. The second-order valence-corrected chi connectivity index (χ2v) is 11.3. The van der Waals surface area contributed by atoms with E-state index in [1.807, 2.05) is 0 Å². The zero-order valence-corrected chi connectivity index (χ0v) is 18.6. The molecule has 1 unspecified atom stereocenters. The molecule has 3 aromatic rings. The second-order valence-electron chi connectivity index (χ2n) is 6.07. The van der Waals surface area contributed by atoms with Crippen molar-refractivity contribution < 1.29 is 26.2 Å². The Bertz CT molecular complexity index is 1370. The van der Waals surface area contributed by atoms with Crippen molar-refractivity contribution in [3.05, 3.63) is 39.0 Å². The zero-order chi connectivity index (χ0) is 22.1. The fraction of sp³-hybridized carbons (Fsp3) is 0.286. The van der Waals surface area contributed by atoms with Crippen LogP contribution >= 0.6 is 15.9 Å². The third-order valence-corrected chi connectivity index (χ3v) is 7.45. The Hall–Kier alpha value is -2.59. The van der Waals surface area contributed by atoms with E-state index in [4.69, 9.17) is 4.52 Å². The van der Waals surface area contributed by atoms with Crippen molar-refractivity contribution in [1.29, 1.82) is 0 Å². The minimum Gasteiger partial charge on any atom is -0.364 e. The lowest BCUT2D eigenvalue weighted by molar-refractivity contribution is 0.309. The van der Waals surface area contributed by atoms with Crippen molar-refractivity contribution in [2.45, 2.75) is 0 Å². The van der Waals surface area contributed by atoms with E-state index < -0.39 is 31.3 Å². The van der Waals surface area contributed by atoms with Crippen LogP contribution in [-0.2, 0) is 19.8 Å². The molecule has 12 nitrogen and oxygen atoms in total. The Balaban J connectivity index is 1.90. The molecule has 1 atom stereocenters. The van der Waals surface area contributed by atoms with Gasteiger partial charge < -0.3 is 5.32 Å². The smallest absolute Gasteiger partial charge is 0.364 e. The van der Waals surface area contributed by atoms with Crippen molar-refractivity contribution >= 4 is 41.5 Å². The number of aromatic nitrogens is 4. The van der Waals surface area contributed by atoms with Gasteiger partial charge in [0.2, 0.25) is 11.6 Å². The number of sulfonamides is 1. The topological polar surface area (TPSA) is 163 Å². The number of hydrogen-bond donors (Lipinski definition) is 1. The molecule has 2 aromatic heterocycles. The number of hydrogen-bond acceptors (Lipinski definition) is 10. The van der Waals surface area contributed by atoms with Gasteiger partial charge in [0, 0.05) is 18.6 Å². The summed E-state index contributed by atoms with van der Waals surface area (Å²) in [5.74, 6) is -1.56. The first-order valence-corrected chi connectivity index (χ1v) is 12.7. The number of benzene rings is 1. The number of nitrogens with one attached hydrogen (secondary N) is 1. The predicted molar refractivity (Wildman–Crippen MR) is 108 cm³/mol. The monoisotopic (exact) mass is 524 g/mol. The SMILES string of the molecule is CS(=O)(=O)N=S(C)(=O)CCNc1nonc1-c1noc(=O)n1-c1ccc(F)c(Br)c1. The zero-order valence-electron chi connectivity index (χ0n) is 15.4. The molecule has 0 aliphatic heterocycles. The number of halogens is 2. The molecule has 3 rings (SSSR count). The molecule has 1 N–H and O–H groups in total. The van der Waals surface area contributed by atoms with Gasteiger partial charge in [0.15, 0.2) is 5.69 Å². The highest BCUT2D eigenvalue weighted by molar-refractivity contribution is 9.10. The van der Waals surface area contributed by atoms with Gasteiger partial charge in [-0.05, 0) is 44.4 Å². The van der Waals surface area contributed by atoms with Crippen LogP contribution in [0.3, 0.4) is 0 Å². The van der Waals surface area contributed by atoms with E-state index in [1.54, 1.807) is 0 Å². The van der Waals surface area contributed by atoms with E-state index in [0.29, 0.717) is 0 Å². The first kappa shape index (κ1) is 22.1. The summed E-state index contributed by atoms with van der Waals surface area (Å²) in [4.78, 5) is 12.1. The van der Waals surface area contributed by atoms with Gasteiger partial charge in [0.05, 0.1) is 26.1 Å². The molecule has 0 aliphatic rings. The maximum Gasteiger partial charge on any atom is 0.446 e. The fourth-order valence-corrected chi connectivity index (χ4v) is 5.82. The molecule has 0 saturated carbocycles. The van der Waals surface area contributed by atoms with Gasteiger partial charge in [-0.1, -0.05) is 5.16 Å². The van der Waals surface area contributed by atoms with E-state index in [-0.39, 0.29) is 39.8 Å². The van der Waals surface area contributed by atoms with Gasteiger partial charge in [-0.2, -0.15) is 0 Å². The minimum absolute atomic E-state index is 0.000251. The van der Waals surface area contributed by atoms with Crippen molar-refractivity contribution in [3.63, 3.8) is 0 Å². The summed E-state index contributed by atoms with van der Waals surface area (Å²) in [6.07, 6.45) is 2.06. The Morgan fingerprint density at radius 1 is 1.23 bits per heavy atom. The van der Waals surface area contributed by atoms with Gasteiger partial charge >= 0.3 is 5.76 Å². The lowest BCUT2D eigenvalue weighted by atomic mass is 10.3. The van der Waals surface area contributed by atoms with Crippen molar-refractivity contribution in [3.8, 4) is 17.2 Å². The number of rotatable bonds is 7. The van der Waals surface area contributed by atoms with Gasteiger partial charge in [-0.15, -0.1) is 3.77 Å². The average molecular weight is 525 g/mol. The molecule has 1 aromatic carbocycles. The molecule has 0 saturated heterocycles. The molecule has 162 valence electrons. The molecular formula is C14H14BrFN6O6S2. The first-order valence-electron chi connectivity index (χ1n) is 7.99. The standard InChI is InChI=1S/C14H14BrFN6O6S2/c1-29(24,21-30(2,25)26)6-5-17-12-11(18-28-19-12)13-20-27-14(23)22(13)8-3-4-10(16)9(15)7-8/h3-4,7H,5-6H2,1-2H3,(H,17,19). The molecular weight excluding hydrogens is 511 g/mol. The maximum atomic E-state index is 13.5. The Kier molecular flexibility index (Phi) is 6.09. The Morgan fingerprint density at radius 3 is 2.63 bits per heavy atom. The summed E-state index contributed by atoms with van der Waals surface area (Å²) < 4.78 is 62.0. The number of anilines is 1. The van der Waals surface area contributed by atoms with E-state index >= 15 is 0 Å². The maximum absolute atomic E-state index is 13.5. The van der Waals surface area contributed by atoms with Crippen LogP contribution in [0.5, 0.6) is 0 Å². The molecule has 2 heterocycles. The lowest BCUT2D eigenvalue weighted by Gasteiger charge is -2.06. The summed E-state index contributed by atoms with van der Waals surface area (Å²) in [6.45, 7) is -0.000251. The van der Waals surface area contributed by atoms with E-state index in [1.165, 1.54) is 18.4 Å². The van der Waals surface area contributed by atoms with Gasteiger partial charge in [0.1, 0.15) is 5.82 Å². The van der Waals surface area contributed by atoms with Crippen LogP contribution in [0.15, 0.2) is 40.4 Å². The van der Waals surface area contributed by atoms with E-state index in [2.05, 4.69) is 45.1 Å². The first-order chi connectivity index (χ1) is 14.0. The minimum atomic E-state index is -3.77. The van der Waals surface area contributed by atoms with Crippen molar-refractivity contribution in [2.75, 3.05) is 30.1 Å². The molecule has 0 spiro atoms. The normalized spacial score (nSPS) is 13.7. The molecule has 30 heavy (non-hydrogen) atoms. The molecule has 0 radical (unpaired) electrons. The van der Waals surface area contributed by atoms with Crippen LogP contribution in [0.4, 0.5) is 10.2 Å². The molecule has 0 bridgehead atoms. The van der Waals surface area contributed by atoms with Crippen molar-refractivity contribution in [2.24, 2.45) is 3.77 Å². The van der Waals surface area contributed by atoms with Crippen LogP contribution in [0.1, 0.15) is 0 Å². The molecule has 0 fully saturated rings. The van der Waals surface area contributed by atoms with Crippen LogP contribution in [0, 0.1) is 5.82 Å². The summed E-state index contributed by atoms with van der Waals surface area (Å²) in [5, 5.41) is 13.8. The lowest BCUT2D eigenvalue weighted by Crippen LogP contribution is -2.17. The predicted octanol–water partition coefficient (Wildman–Crippen LogP) is 1.25. The third kappa shape index (κ3) is 5.11. The molecule has 0 amide bonds. The highest BCUT2D eigenvalue weighted by Crippen LogP contribution is 2.26. The van der Waals surface area contributed by atoms with Crippen molar-refractivity contribution in [1.82, 2.24) is 20.0 Å². The average Bonchev–Trinajstić information content (AvgIpc) is 3.21. The van der Waals surface area contributed by atoms with Crippen LogP contribution in [0.2, 0.25) is 0 Å². The third-order valence-electron chi connectivity index (χ3n) is 3.53. The molecule has 0 aliphatic carbocycles. The van der Waals surface area contributed by atoms with Gasteiger partial charge in [-0.25, -0.2) is 31.0 Å². The Labute approximate surface area is 177 Å². The molecule has 16 heteroatoms. The van der Waals surface area contributed by atoms with Crippen LogP contribution in [0.25, 0.3) is 17.2 Å². The largest absolute Gasteiger partial charge is 0.446 e.